The van der Waals surface area contributed by atoms with Gasteiger partial charge < -0.3 is 26.6 Å². The smallest absolute Gasteiger partial charge is 0.315 e. The Balaban J connectivity index is 1.39. The van der Waals surface area contributed by atoms with Gasteiger partial charge in [0.15, 0.2) is 0 Å². The second-order valence-electron chi connectivity index (χ2n) is 13.0. The minimum Gasteiger partial charge on any atom is -0.363 e. The number of benzene rings is 1. The third-order valence-electron chi connectivity index (χ3n) is 9.43. The van der Waals surface area contributed by atoms with E-state index in [0.717, 1.165) is 24.0 Å². The fourth-order valence-corrected chi connectivity index (χ4v) is 6.99. The summed E-state index contributed by atoms with van der Waals surface area (Å²) < 4.78 is 0. The zero-order valence-corrected chi connectivity index (χ0v) is 23.7. The molecule has 4 aliphatic rings. The molecule has 10 heteroatoms. The van der Waals surface area contributed by atoms with Crippen molar-refractivity contribution in [3.8, 4) is 0 Å². The number of nitrogens with two attached hydrogens (primary N) is 1. The van der Waals surface area contributed by atoms with Crippen molar-refractivity contribution in [1.29, 1.82) is 0 Å². The van der Waals surface area contributed by atoms with Crippen LogP contribution < -0.4 is 21.7 Å². The molecule has 0 bridgehead atoms. The van der Waals surface area contributed by atoms with Gasteiger partial charge in [0.05, 0.1) is 6.04 Å². The maximum absolute atomic E-state index is 14.3. The average molecular weight is 552 g/mol. The summed E-state index contributed by atoms with van der Waals surface area (Å²) in [6.45, 7) is 8.27. The van der Waals surface area contributed by atoms with Crippen LogP contribution in [0.15, 0.2) is 24.3 Å². The molecule has 1 heterocycles. The van der Waals surface area contributed by atoms with Gasteiger partial charge in [-0.2, -0.15) is 0 Å². The Morgan fingerprint density at radius 3 is 2.17 bits per heavy atom. The lowest BCUT2D eigenvalue weighted by atomic mass is 9.93. The highest BCUT2D eigenvalue weighted by molar-refractivity contribution is 6.37. The molecule has 10 nitrogen and oxygen atoms in total. The average Bonchev–Trinajstić information content (AvgIpc) is 3.64. The van der Waals surface area contributed by atoms with E-state index in [4.69, 9.17) is 5.73 Å². The van der Waals surface area contributed by atoms with E-state index < -0.39 is 41.8 Å². The first kappa shape index (κ1) is 28.1. The summed E-state index contributed by atoms with van der Waals surface area (Å²) in [5.41, 5.74) is 7.47. The first-order valence-corrected chi connectivity index (χ1v) is 14.5. The SMILES string of the molecule is CC(C)NC(=O)N[C@H](C(=O)N1CC2[C@@H]([C@H]1C(=O)NC(CC1CC1)C(=O)C(N)=O)C2(C)C)C1Cc2ccccc2C1. The van der Waals surface area contributed by atoms with E-state index in [1.54, 1.807) is 4.90 Å². The van der Waals surface area contributed by atoms with Crippen molar-refractivity contribution in [2.24, 2.45) is 34.8 Å². The molecule has 3 aliphatic carbocycles. The highest BCUT2D eigenvalue weighted by Gasteiger charge is 2.69. The van der Waals surface area contributed by atoms with Gasteiger partial charge in [-0.1, -0.05) is 51.0 Å². The Morgan fingerprint density at radius 1 is 1.00 bits per heavy atom. The number of hydrogen-bond donors (Lipinski definition) is 4. The number of nitrogens with zero attached hydrogens (tertiary/aromatic N) is 1. The number of piperidine rings is 1. The quantitative estimate of drug-likeness (QED) is 0.323. The summed E-state index contributed by atoms with van der Waals surface area (Å²) in [5, 5.41) is 8.55. The monoisotopic (exact) mass is 551 g/mol. The van der Waals surface area contributed by atoms with E-state index in [0.29, 0.717) is 25.8 Å². The first-order chi connectivity index (χ1) is 18.9. The van der Waals surface area contributed by atoms with Crippen LogP contribution in [0, 0.1) is 29.1 Å². The number of urea groups is 1. The molecule has 1 aromatic carbocycles. The van der Waals surface area contributed by atoms with E-state index in [-0.39, 0.29) is 41.0 Å². The minimum atomic E-state index is -1.07. The predicted octanol–water partition coefficient (Wildman–Crippen LogP) is 1.30. The zero-order chi connectivity index (χ0) is 28.9. The maximum Gasteiger partial charge on any atom is 0.315 e. The summed E-state index contributed by atoms with van der Waals surface area (Å²) in [4.78, 5) is 66.8. The molecule has 3 fully saturated rings. The molecule has 0 spiro atoms. The topological polar surface area (TPSA) is 151 Å². The second kappa shape index (κ2) is 10.5. The molecule has 1 saturated heterocycles. The van der Waals surface area contributed by atoms with E-state index in [9.17, 15) is 24.0 Å². The van der Waals surface area contributed by atoms with Gasteiger partial charge in [0.25, 0.3) is 5.91 Å². The number of carbonyl (C=O) groups is 5. The van der Waals surface area contributed by atoms with Gasteiger partial charge in [-0.3, -0.25) is 19.2 Å². The molecule has 0 radical (unpaired) electrons. The number of nitrogens with one attached hydrogen (secondary N) is 3. The van der Waals surface area contributed by atoms with Crippen molar-refractivity contribution in [3.63, 3.8) is 0 Å². The minimum absolute atomic E-state index is 0.0763. The molecule has 0 aromatic heterocycles. The van der Waals surface area contributed by atoms with Crippen LogP contribution in [-0.4, -0.2) is 65.1 Å². The van der Waals surface area contributed by atoms with Crippen molar-refractivity contribution in [2.75, 3.05) is 6.54 Å². The Morgan fingerprint density at radius 2 is 1.62 bits per heavy atom. The Labute approximate surface area is 235 Å². The van der Waals surface area contributed by atoms with Crippen LogP contribution in [-0.2, 0) is 32.0 Å². The predicted molar refractivity (Wildman–Crippen MR) is 148 cm³/mol. The first-order valence-electron chi connectivity index (χ1n) is 14.5. The van der Waals surface area contributed by atoms with Crippen molar-refractivity contribution in [3.05, 3.63) is 35.4 Å². The summed E-state index contributed by atoms with van der Waals surface area (Å²) in [7, 11) is 0. The standard InChI is InChI=1S/C30H41N5O5/c1-15(2)32-29(40)34-23(19-12-17-7-5-6-8-18(17)13-19)28(39)35-14-20-22(30(20,3)4)24(35)27(38)33-21(11-16-9-10-16)25(36)26(31)37/h5-8,15-16,19-24H,9-14H2,1-4H3,(H2,31,37)(H,33,38)(H2,32,34,40)/t20?,21?,22-,23-,24-/m0/s1. The van der Waals surface area contributed by atoms with E-state index in [1.165, 1.54) is 0 Å². The van der Waals surface area contributed by atoms with Crippen molar-refractivity contribution < 1.29 is 24.0 Å². The molecule has 216 valence electrons. The van der Waals surface area contributed by atoms with Gasteiger partial charge in [0, 0.05) is 12.6 Å². The van der Waals surface area contributed by atoms with Crippen molar-refractivity contribution in [2.45, 2.75) is 84.0 Å². The van der Waals surface area contributed by atoms with Crippen LogP contribution in [0.25, 0.3) is 0 Å². The van der Waals surface area contributed by atoms with Crippen LogP contribution in [0.1, 0.15) is 58.1 Å². The Kier molecular flexibility index (Phi) is 7.39. The van der Waals surface area contributed by atoms with Crippen molar-refractivity contribution in [1.82, 2.24) is 20.9 Å². The number of primary amides is 1. The summed E-state index contributed by atoms with van der Waals surface area (Å²) in [6, 6.07) is 4.89. The fourth-order valence-electron chi connectivity index (χ4n) is 6.99. The normalized spacial score (nSPS) is 25.9. The van der Waals surface area contributed by atoms with E-state index in [1.807, 2.05) is 38.1 Å². The van der Waals surface area contributed by atoms with Crippen LogP contribution >= 0.6 is 0 Å². The molecular weight excluding hydrogens is 510 g/mol. The zero-order valence-electron chi connectivity index (χ0n) is 23.7. The number of Topliss-reactive ketones (excluding diaryl/α,β-unsaturated/α-hetero) is 1. The highest BCUT2D eigenvalue weighted by Crippen LogP contribution is 2.65. The Hall–Kier alpha value is -3.43. The number of hydrogen-bond acceptors (Lipinski definition) is 5. The maximum atomic E-state index is 14.3. The van der Waals surface area contributed by atoms with Gasteiger partial charge >= 0.3 is 6.03 Å². The number of likely N-dealkylation sites (tertiary alicyclic amines) is 1. The molecule has 40 heavy (non-hydrogen) atoms. The van der Waals surface area contributed by atoms with Crippen LogP contribution in [0.3, 0.4) is 0 Å². The summed E-state index contributed by atoms with van der Waals surface area (Å²) >= 11 is 0. The van der Waals surface area contributed by atoms with Gasteiger partial charge in [0.1, 0.15) is 12.1 Å². The number of amides is 5. The molecule has 2 unspecified atom stereocenters. The van der Waals surface area contributed by atoms with Crippen LogP contribution in [0.5, 0.6) is 0 Å². The third-order valence-corrected chi connectivity index (χ3v) is 9.43. The molecule has 5 rings (SSSR count). The number of fused-ring (bicyclic) bond motifs is 2. The molecule has 5 amide bonds. The number of carbonyl (C=O) groups excluding carboxylic acids is 5. The Bertz CT molecular complexity index is 1200. The molecule has 1 aromatic rings. The third kappa shape index (κ3) is 5.45. The summed E-state index contributed by atoms with van der Waals surface area (Å²) in [6.07, 6.45) is 3.55. The lowest BCUT2D eigenvalue weighted by molar-refractivity contribution is -0.144. The highest BCUT2D eigenvalue weighted by atomic mass is 16.2. The lowest BCUT2D eigenvalue weighted by Gasteiger charge is -2.35. The molecule has 1 aliphatic heterocycles. The molecular formula is C30H41N5O5. The fraction of sp³-hybridized carbons (Fsp3) is 0.633. The second-order valence-corrected chi connectivity index (χ2v) is 13.0. The largest absolute Gasteiger partial charge is 0.363 e. The van der Waals surface area contributed by atoms with Gasteiger partial charge in [0.2, 0.25) is 17.6 Å². The lowest BCUT2D eigenvalue weighted by Crippen LogP contribution is -2.60. The van der Waals surface area contributed by atoms with Crippen LogP contribution in [0.4, 0.5) is 4.79 Å². The van der Waals surface area contributed by atoms with E-state index in [2.05, 4.69) is 29.8 Å². The van der Waals surface area contributed by atoms with Gasteiger partial charge in [-0.15, -0.1) is 0 Å². The number of ketones is 1. The van der Waals surface area contributed by atoms with E-state index >= 15 is 0 Å². The molecule has 2 saturated carbocycles. The van der Waals surface area contributed by atoms with Crippen LogP contribution in [0.2, 0.25) is 0 Å². The molecule has 5 atom stereocenters. The van der Waals surface area contributed by atoms with Crippen molar-refractivity contribution >= 4 is 29.5 Å². The van der Waals surface area contributed by atoms with Gasteiger partial charge in [-0.05, 0) is 73.3 Å². The van der Waals surface area contributed by atoms with Gasteiger partial charge in [-0.25, -0.2) is 4.79 Å². The number of rotatable bonds is 10. The summed E-state index contributed by atoms with van der Waals surface area (Å²) in [5.74, 6) is -2.44. The molecule has 5 N–H and O–H groups in total.